The van der Waals surface area contributed by atoms with Crippen molar-refractivity contribution < 1.29 is 9.53 Å². The largest absolute Gasteiger partial charge is 0.465 e. The molecule has 80 valence electrons. The molecular formula is C12H14O2S. The maximum Gasteiger partial charge on any atom is 0.323 e. The van der Waals surface area contributed by atoms with Gasteiger partial charge in [-0.3, -0.25) is 4.79 Å². The molecule has 0 N–H and O–H groups in total. The second-order valence-corrected chi connectivity index (χ2v) is 4.66. The molecule has 0 amide bonds. The molecule has 0 bridgehead atoms. The number of hydrogen-bond donors (Lipinski definition) is 0. The minimum atomic E-state index is -0.116. The van der Waals surface area contributed by atoms with Crippen LogP contribution in [-0.2, 0) is 16.0 Å². The Morgan fingerprint density at radius 3 is 3.13 bits per heavy atom. The zero-order valence-corrected chi connectivity index (χ0v) is 9.55. The number of hydrogen-bond acceptors (Lipinski definition) is 3. The molecule has 2 rings (SSSR count). The molecule has 0 unspecified atom stereocenters. The van der Waals surface area contributed by atoms with E-state index < -0.39 is 0 Å². The van der Waals surface area contributed by atoms with Crippen LogP contribution in [0.5, 0.6) is 0 Å². The lowest BCUT2D eigenvalue weighted by atomic mass is 10.0. The molecular weight excluding hydrogens is 208 g/mol. The fourth-order valence-electron chi connectivity index (χ4n) is 1.81. The maximum atomic E-state index is 11.7. The van der Waals surface area contributed by atoms with E-state index in [2.05, 4.69) is 6.07 Å². The van der Waals surface area contributed by atoms with Gasteiger partial charge in [0.2, 0.25) is 0 Å². The Morgan fingerprint density at radius 1 is 1.53 bits per heavy atom. The standard InChI is InChI=1S/C12H14O2S/c1-2-14-12(13)11-10-6-4-3-5-9(10)7-8-15-11/h3-6,11H,2,7-8H2,1H3/t11-/m1/s1. The first kappa shape index (κ1) is 10.6. The zero-order chi connectivity index (χ0) is 10.7. The number of esters is 1. The van der Waals surface area contributed by atoms with Gasteiger partial charge in [-0.25, -0.2) is 0 Å². The highest BCUT2D eigenvalue weighted by atomic mass is 32.2. The summed E-state index contributed by atoms with van der Waals surface area (Å²) in [7, 11) is 0. The second kappa shape index (κ2) is 4.71. The molecule has 0 spiro atoms. The van der Waals surface area contributed by atoms with Crippen LogP contribution in [0.2, 0.25) is 0 Å². The van der Waals surface area contributed by atoms with E-state index in [1.807, 2.05) is 25.1 Å². The lowest BCUT2D eigenvalue weighted by Crippen LogP contribution is -2.18. The van der Waals surface area contributed by atoms with Crippen LogP contribution in [0.15, 0.2) is 24.3 Å². The molecule has 0 fully saturated rings. The highest BCUT2D eigenvalue weighted by Gasteiger charge is 2.27. The van der Waals surface area contributed by atoms with Crippen LogP contribution < -0.4 is 0 Å². The average molecular weight is 222 g/mol. The summed E-state index contributed by atoms with van der Waals surface area (Å²) in [5.41, 5.74) is 2.42. The Labute approximate surface area is 94.0 Å². The molecule has 0 aliphatic carbocycles. The first-order chi connectivity index (χ1) is 7.33. The van der Waals surface area contributed by atoms with E-state index in [1.165, 1.54) is 5.56 Å². The monoisotopic (exact) mass is 222 g/mol. The summed E-state index contributed by atoms with van der Waals surface area (Å²) in [6.45, 7) is 2.30. The lowest BCUT2D eigenvalue weighted by molar-refractivity contribution is -0.142. The van der Waals surface area contributed by atoms with Crippen LogP contribution in [0.4, 0.5) is 0 Å². The summed E-state index contributed by atoms with van der Waals surface area (Å²) in [4.78, 5) is 11.7. The third-order valence-corrected chi connectivity index (χ3v) is 3.71. The van der Waals surface area contributed by atoms with Crippen LogP contribution >= 0.6 is 11.8 Å². The highest BCUT2D eigenvalue weighted by Crippen LogP contribution is 2.37. The van der Waals surface area contributed by atoms with Crippen molar-refractivity contribution in [2.45, 2.75) is 18.6 Å². The molecule has 3 heteroatoms. The molecule has 1 aliphatic heterocycles. The van der Waals surface area contributed by atoms with Gasteiger partial charge in [0, 0.05) is 0 Å². The lowest BCUT2D eigenvalue weighted by Gasteiger charge is -2.23. The van der Waals surface area contributed by atoms with Gasteiger partial charge in [-0.2, -0.15) is 0 Å². The van der Waals surface area contributed by atoms with Crippen LogP contribution in [0.1, 0.15) is 23.3 Å². The van der Waals surface area contributed by atoms with Crippen molar-refractivity contribution in [3.8, 4) is 0 Å². The van der Waals surface area contributed by atoms with Crippen molar-refractivity contribution in [1.29, 1.82) is 0 Å². The second-order valence-electron chi connectivity index (χ2n) is 3.45. The van der Waals surface area contributed by atoms with Crippen molar-refractivity contribution in [2.24, 2.45) is 0 Å². The Hall–Kier alpha value is -0.960. The number of carbonyl (C=O) groups is 1. The topological polar surface area (TPSA) is 26.3 Å². The number of rotatable bonds is 2. The van der Waals surface area contributed by atoms with E-state index >= 15 is 0 Å². The fourth-order valence-corrected chi connectivity index (χ4v) is 2.99. The summed E-state index contributed by atoms with van der Waals surface area (Å²) in [5, 5.41) is -0.116. The number of fused-ring (bicyclic) bond motifs is 1. The van der Waals surface area contributed by atoms with E-state index in [9.17, 15) is 4.79 Å². The predicted molar refractivity (Wildman–Crippen MR) is 62.0 cm³/mol. The summed E-state index contributed by atoms with van der Waals surface area (Å²) in [6.07, 6.45) is 1.05. The Kier molecular flexibility index (Phi) is 3.31. The van der Waals surface area contributed by atoms with Gasteiger partial charge in [0.1, 0.15) is 5.25 Å². The minimum Gasteiger partial charge on any atom is -0.465 e. The van der Waals surface area contributed by atoms with E-state index in [4.69, 9.17) is 4.74 Å². The van der Waals surface area contributed by atoms with Gasteiger partial charge in [0.25, 0.3) is 0 Å². The van der Waals surface area contributed by atoms with Crippen molar-refractivity contribution in [3.05, 3.63) is 35.4 Å². The van der Waals surface area contributed by atoms with Crippen LogP contribution in [0.25, 0.3) is 0 Å². The smallest absolute Gasteiger partial charge is 0.323 e. The molecule has 1 aromatic carbocycles. The highest BCUT2D eigenvalue weighted by molar-refractivity contribution is 8.00. The molecule has 1 atom stereocenters. The molecule has 0 saturated carbocycles. The summed E-state index contributed by atoms with van der Waals surface area (Å²) >= 11 is 1.68. The first-order valence-electron chi connectivity index (χ1n) is 5.19. The molecule has 0 radical (unpaired) electrons. The van der Waals surface area contributed by atoms with Crippen molar-refractivity contribution in [1.82, 2.24) is 0 Å². The Morgan fingerprint density at radius 2 is 2.33 bits per heavy atom. The first-order valence-corrected chi connectivity index (χ1v) is 6.24. The van der Waals surface area contributed by atoms with Gasteiger partial charge in [0.05, 0.1) is 6.61 Å². The SMILES string of the molecule is CCOC(=O)[C@@H]1SCCc2ccccc21. The Bertz CT molecular complexity index is 362. The van der Waals surface area contributed by atoms with Gasteiger partial charge >= 0.3 is 5.97 Å². The third kappa shape index (κ3) is 2.17. The quantitative estimate of drug-likeness (QED) is 0.719. The molecule has 1 aliphatic rings. The average Bonchev–Trinajstić information content (AvgIpc) is 2.28. The summed E-state index contributed by atoms with van der Waals surface area (Å²) < 4.78 is 5.08. The van der Waals surface area contributed by atoms with Crippen LogP contribution in [0.3, 0.4) is 0 Å². The van der Waals surface area contributed by atoms with Crippen LogP contribution in [-0.4, -0.2) is 18.3 Å². The molecule has 1 aromatic rings. The van der Waals surface area contributed by atoms with Crippen LogP contribution in [0, 0.1) is 0 Å². The van der Waals surface area contributed by atoms with Crippen molar-refractivity contribution in [3.63, 3.8) is 0 Å². The van der Waals surface area contributed by atoms with Crippen molar-refractivity contribution in [2.75, 3.05) is 12.4 Å². The number of benzene rings is 1. The minimum absolute atomic E-state index is 0.102. The van der Waals surface area contributed by atoms with E-state index in [0.29, 0.717) is 6.61 Å². The van der Waals surface area contributed by atoms with Crippen molar-refractivity contribution >= 4 is 17.7 Å². The molecule has 15 heavy (non-hydrogen) atoms. The van der Waals surface area contributed by atoms with Gasteiger partial charge in [-0.15, -0.1) is 11.8 Å². The number of aryl methyl sites for hydroxylation is 1. The molecule has 1 heterocycles. The van der Waals surface area contributed by atoms with Gasteiger partial charge in [-0.05, 0) is 30.2 Å². The molecule has 0 saturated heterocycles. The maximum absolute atomic E-state index is 11.7. The van der Waals surface area contributed by atoms with E-state index in [1.54, 1.807) is 11.8 Å². The molecule has 2 nitrogen and oxygen atoms in total. The van der Waals surface area contributed by atoms with Gasteiger partial charge < -0.3 is 4.74 Å². The Balaban J connectivity index is 2.25. The van der Waals surface area contributed by atoms with Gasteiger partial charge in [0.15, 0.2) is 0 Å². The third-order valence-electron chi connectivity index (χ3n) is 2.49. The van der Waals surface area contributed by atoms with Gasteiger partial charge in [-0.1, -0.05) is 24.3 Å². The summed E-state index contributed by atoms with van der Waals surface area (Å²) in [6, 6.07) is 8.14. The zero-order valence-electron chi connectivity index (χ0n) is 8.73. The fraction of sp³-hybridized carbons (Fsp3) is 0.417. The predicted octanol–water partition coefficient (Wildman–Crippen LogP) is 2.58. The van der Waals surface area contributed by atoms with E-state index in [0.717, 1.165) is 17.7 Å². The normalized spacial score (nSPS) is 19.4. The number of ether oxygens (including phenoxy) is 1. The summed E-state index contributed by atoms with van der Waals surface area (Å²) in [5.74, 6) is 0.898. The molecule has 0 aromatic heterocycles. The van der Waals surface area contributed by atoms with E-state index in [-0.39, 0.29) is 11.2 Å². The number of carbonyl (C=O) groups excluding carboxylic acids is 1. The number of thioether (sulfide) groups is 1.